The van der Waals surface area contributed by atoms with E-state index in [2.05, 4.69) is 14.5 Å². The largest absolute Gasteiger partial charge is 0.573 e. The fourth-order valence-electron chi connectivity index (χ4n) is 1.45. The summed E-state index contributed by atoms with van der Waals surface area (Å²) in [5.41, 5.74) is 2.86. The van der Waals surface area contributed by atoms with Crippen molar-refractivity contribution in [3.05, 3.63) is 23.0 Å². The van der Waals surface area contributed by atoms with Crippen LogP contribution in [0.4, 0.5) is 22.0 Å². The minimum absolute atomic E-state index is 0.0523. The smallest absolute Gasteiger partial charge is 0.461 e. The summed E-state index contributed by atoms with van der Waals surface area (Å²) in [6, 6.07) is 0.489. The number of rotatable bonds is 5. The zero-order valence-corrected chi connectivity index (χ0v) is 10.7. The maximum atomic E-state index is 12.9. The Hall–Kier alpha value is -1.97. The van der Waals surface area contributed by atoms with E-state index in [0.717, 1.165) is 0 Å². The van der Waals surface area contributed by atoms with Crippen molar-refractivity contribution in [3.63, 3.8) is 0 Å². The van der Waals surface area contributed by atoms with Gasteiger partial charge in [-0.15, -0.1) is 13.2 Å². The molecule has 0 unspecified atom stereocenters. The van der Waals surface area contributed by atoms with E-state index < -0.39 is 48.0 Å². The second kappa shape index (κ2) is 6.66. The Kier molecular flexibility index (Phi) is 5.41. The van der Waals surface area contributed by atoms with Gasteiger partial charge in [-0.25, -0.2) is 18.6 Å². The molecule has 0 saturated carbocycles. The normalized spacial score (nSPS) is 11.6. The summed E-state index contributed by atoms with van der Waals surface area (Å²) in [6.07, 6.45) is -8.51. The zero-order chi connectivity index (χ0) is 16.2. The molecule has 0 amide bonds. The van der Waals surface area contributed by atoms with E-state index in [1.807, 2.05) is 0 Å². The Balaban J connectivity index is 3.39. The highest BCUT2D eigenvalue weighted by Gasteiger charge is 2.35. The van der Waals surface area contributed by atoms with E-state index in [9.17, 15) is 26.7 Å². The molecule has 0 aliphatic carbocycles. The van der Waals surface area contributed by atoms with Gasteiger partial charge in [0, 0.05) is 6.54 Å². The van der Waals surface area contributed by atoms with Gasteiger partial charge in [-0.2, -0.15) is 0 Å². The van der Waals surface area contributed by atoms with Crippen LogP contribution in [0.2, 0.25) is 0 Å². The molecule has 5 nitrogen and oxygen atoms in total. The number of ether oxygens (including phenoxy) is 2. The molecule has 10 heteroatoms. The molecule has 0 spiro atoms. The first-order valence-corrected chi connectivity index (χ1v) is 5.64. The number of hydrogen-bond acceptors (Lipinski definition) is 5. The first kappa shape index (κ1) is 17.1. The van der Waals surface area contributed by atoms with E-state index in [-0.39, 0.29) is 6.61 Å². The molecular weight excluding hydrogens is 303 g/mol. The van der Waals surface area contributed by atoms with Gasteiger partial charge in [0.25, 0.3) is 6.43 Å². The Labute approximate surface area is 115 Å². The molecule has 118 valence electrons. The second-order valence-corrected chi connectivity index (χ2v) is 3.65. The number of esters is 1. The summed E-state index contributed by atoms with van der Waals surface area (Å²) in [5.74, 6) is -2.25. The molecule has 0 aliphatic heterocycles. The van der Waals surface area contributed by atoms with Gasteiger partial charge in [-0.3, -0.25) is 0 Å². The van der Waals surface area contributed by atoms with Crippen molar-refractivity contribution in [1.29, 1.82) is 0 Å². The van der Waals surface area contributed by atoms with Gasteiger partial charge in [-0.1, -0.05) is 0 Å². The van der Waals surface area contributed by atoms with Crippen molar-refractivity contribution in [2.45, 2.75) is 26.3 Å². The van der Waals surface area contributed by atoms with Gasteiger partial charge < -0.3 is 15.2 Å². The monoisotopic (exact) mass is 314 g/mol. The van der Waals surface area contributed by atoms with E-state index in [4.69, 9.17) is 5.73 Å². The molecule has 21 heavy (non-hydrogen) atoms. The van der Waals surface area contributed by atoms with Crippen LogP contribution >= 0.6 is 0 Å². The number of pyridine rings is 1. The number of carbonyl (C=O) groups excluding carboxylic acids is 1. The maximum absolute atomic E-state index is 12.9. The van der Waals surface area contributed by atoms with Crippen LogP contribution in [-0.2, 0) is 11.3 Å². The minimum Gasteiger partial charge on any atom is -0.461 e. The summed E-state index contributed by atoms with van der Waals surface area (Å²) in [4.78, 5) is 14.9. The zero-order valence-electron chi connectivity index (χ0n) is 10.7. The number of halogens is 5. The maximum Gasteiger partial charge on any atom is 0.573 e. The summed E-state index contributed by atoms with van der Waals surface area (Å²) >= 11 is 0. The lowest BCUT2D eigenvalue weighted by Gasteiger charge is -2.16. The fourth-order valence-corrected chi connectivity index (χ4v) is 1.45. The number of nitrogens with two attached hydrogens (primary N) is 1. The highest BCUT2D eigenvalue weighted by Crippen LogP contribution is 2.35. The van der Waals surface area contributed by atoms with Crippen molar-refractivity contribution >= 4 is 5.97 Å². The molecule has 2 N–H and O–H groups in total. The third kappa shape index (κ3) is 4.52. The molecule has 1 heterocycles. The Morgan fingerprint density at radius 2 is 2.05 bits per heavy atom. The van der Waals surface area contributed by atoms with Gasteiger partial charge in [0.1, 0.15) is 5.69 Å². The summed E-state index contributed by atoms with van der Waals surface area (Å²) in [6.45, 7) is 0.790. The van der Waals surface area contributed by atoms with Crippen LogP contribution in [0.1, 0.15) is 35.1 Å². The first-order chi connectivity index (χ1) is 9.69. The standard InChI is InChI=1S/C11H11F5N2O3/c1-2-20-10(19)6-3-5(9(12)13)8(7(4-17)18-6)21-11(14,15)16/h3,9H,2,4,17H2,1H3. The van der Waals surface area contributed by atoms with Crippen molar-refractivity contribution < 1.29 is 36.2 Å². The van der Waals surface area contributed by atoms with Crippen LogP contribution in [0.15, 0.2) is 6.07 Å². The topological polar surface area (TPSA) is 74.4 Å². The molecule has 0 atom stereocenters. The van der Waals surface area contributed by atoms with E-state index in [0.29, 0.717) is 6.07 Å². The fraction of sp³-hybridized carbons (Fsp3) is 0.455. The Bertz CT molecular complexity index is 519. The van der Waals surface area contributed by atoms with Crippen molar-refractivity contribution in [3.8, 4) is 5.75 Å². The van der Waals surface area contributed by atoms with Gasteiger partial charge in [0.15, 0.2) is 5.75 Å². The number of alkyl halides is 5. The predicted molar refractivity (Wildman–Crippen MR) is 59.7 cm³/mol. The van der Waals surface area contributed by atoms with Crippen LogP contribution in [0.3, 0.4) is 0 Å². The molecule has 0 saturated heterocycles. The lowest BCUT2D eigenvalue weighted by molar-refractivity contribution is -0.275. The van der Waals surface area contributed by atoms with E-state index in [1.165, 1.54) is 6.92 Å². The molecule has 0 aromatic carbocycles. The lowest BCUT2D eigenvalue weighted by atomic mass is 10.1. The van der Waals surface area contributed by atoms with Crippen molar-refractivity contribution in [1.82, 2.24) is 4.98 Å². The molecule has 0 bridgehead atoms. The average molecular weight is 314 g/mol. The molecule has 1 rings (SSSR count). The summed E-state index contributed by atoms with van der Waals surface area (Å²) in [5, 5.41) is 0. The molecular formula is C11H11F5N2O3. The highest BCUT2D eigenvalue weighted by atomic mass is 19.4. The number of hydrogen-bond donors (Lipinski definition) is 1. The number of nitrogens with zero attached hydrogens (tertiary/aromatic N) is 1. The summed E-state index contributed by atoms with van der Waals surface area (Å²) in [7, 11) is 0. The Morgan fingerprint density at radius 1 is 1.43 bits per heavy atom. The van der Waals surface area contributed by atoms with Gasteiger partial charge in [0.05, 0.1) is 17.9 Å². The van der Waals surface area contributed by atoms with Crippen LogP contribution in [-0.4, -0.2) is 23.9 Å². The third-order valence-electron chi connectivity index (χ3n) is 2.20. The second-order valence-electron chi connectivity index (χ2n) is 3.65. The number of aromatic nitrogens is 1. The minimum atomic E-state index is -5.19. The third-order valence-corrected chi connectivity index (χ3v) is 2.20. The molecule has 1 aromatic rings. The molecule has 0 fully saturated rings. The van der Waals surface area contributed by atoms with Crippen LogP contribution in [0, 0.1) is 0 Å². The van der Waals surface area contributed by atoms with Crippen LogP contribution < -0.4 is 10.5 Å². The average Bonchev–Trinajstić information content (AvgIpc) is 2.36. The van der Waals surface area contributed by atoms with Gasteiger partial charge in [-0.05, 0) is 13.0 Å². The van der Waals surface area contributed by atoms with Crippen molar-refractivity contribution in [2.75, 3.05) is 6.61 Å². The first-order valence-electron chi connectivity index (χ1n) is 5.64. The quantitative estimate of drug-likeness (QED) is 0.668. The van der Waals surface area contributed by atoms with Crippen LogP contribution in [0.25, 0.3) is 0 Å². The van der Waals surface area contributed by atoms with E-state index in [1.54, 1.807) is 0 Å². The van der Waals surface area contributed by atoms with Gasteiger partial charge >= 0.3 is 12.3 Å². The predicted octanol–water partition coefficient (Wildman–Crippen LogP) is 2.55. The summed E-state index contributed by atoms with van der Waals surface area (Å²) < 4.78 is 70.6. The van der Waals surface area contributed by atoms with Crippen LogP contribution in [0.5, 0.6) is 5.75 Å². The van der Waals surface area contributed by atoms with Gasteiger partial charge in [0.2, 0.25) is 0 Å². The van der Waals surface area contributed by atoms with E-state index >= 15 is 0 Å². The molecule has 1 aromatic heterocycles. The lowest BCUT2D eigenvalue weighted by Crippen LogP contribution is -2.22. The Morgan fingerprint density at radius 3 is 2.48 bits per heavy atom. The molecule has 0 radical (unpaired) electrons. The molecule has 0 aliphatic rings. The SMILES string of the molecule is CCOC(=O)c1cc(C(F)F)c(OC(F)(F)F)c(CN)n1. The van der Waals surface area contributed by atoms with Crippen molar-refractivity contribution in [2.24, 2.45) is 5.73 Å². The number of carbonyl (C=O) groups is 1. The highest BCUT2D eigenvalue weighted by molar-refractivity contribution is 5.87.